The van der Waals surface area contributed by atoms with Crippen LogP contribution in [0.15, 0.2) is 43.4 Å². The van der Waals surface area contributed by atoms with E-state index < -0.39 is 57.8 Å². The fraction of sp³-hybridized carbons (Fsp3) is 0.472. The monoisotopic (exact) mass is 786 g/mol. The first kappa shape index (κ1) is 38.5. The van der Waals surface area contributed by atoms with E-state index in [1.807, 2.05) is 0 Å². The molecule has 0 N–H and O–H groups in total. The number of benzene rings is 1. The van der Waals surface area contributed by atoms with Crippen molar-refractivity contribution in [2.45, 2.75) is 56.1 Å². The summed E-state index contributed by atoms with van der Waals surface area (Å²) in [5, 5.41) is 0. The highest BCUT2D eigenvalue weighted by molar-refractivity contribution is 8.26. The number of ether oxygens (including phenoxy) is 5. The Bertz CT molecular complexity index is 1900. The highest BCUT2D eigenvalue weighted by Gasteiger charge is 2.62. The maximum atomic E-state index is 14.7. The van der Waals surface area contributed by atoms with Gasteiger partial charge < -0.3 is 28.6 Å². The Morgan fingerprint density at radius 1 is 0.792 bits per heavy atom. The molecule has 14 nitrogen and oxygen atoms in total. The lowest BCUT2D eigenvalue weighted by atomic mass is 9.81. The van der Waals surface area contributed by atoms with Crippen LogP contribution in [0.25, 0.3) is 5.57 Å². The number of hydrogen-bond acceptors (Lipinski definition) is 15. The van der Waals surface area contributed by atoms with Gasteiger partial charge in [-0.1, -0.05) is 48.1 Å². The van der Waals surface area contributed by atoms with Crippen LogP contribution in [0.4, 0.5) is 5.69 Å². The average molecular weight is 787 g/mol. The largest absolute Gasteiger partial charge is 0.494 e. The zero-order valence-corrected chi connectivity index (χ0v) is 32.6. The fourth-order valence-electron chi connectivity index (χ4n) is 7.59. The van der Waals surface area contributed by atoms with Crippen molar-refractivity contribution in [2.75, 3.05) is 46.5 Å². The second-order valence-corrected chi connectivity index (χ2v) is 16.8. The van der Waals surface area contributed by atoms with Crippen LogP contribution in [0, 0.1) is 11.8 Å². The van der Waals surface area contributed by atoms with Crippen LogP contribution in [0.1, 0.15) is 52.0 Å². The molecule has 53 heavy (non-hydrogen) atoms. The van der Waals surface area contributed by atoms with Crippen molar-refractivity contribution < 1.29 is 57.2 Å². The zero-order chi connectivity index (χ0) is 38.6. The third kappa shape index (κ3) is 6.04. The van der Waals surface area contributed by atoms with Gasteiger partial charge in [0.2, 0.25) is 17.7 Å². The van der Waals surface area contributed by atoms with Crippen LogP contribution in [-0.4, -0.2) is 97.7 Å². The van der Waals surface area contributed by atoms with Gasteiger partial charge in [0.25, 0.3) is 0 Å². The number of carbonyl (C=O) groups is 7. The van der Waals surface area contributed by atoms with Crippen LogP contribution in [0.3, 0.4) is 0 Å². The third-order valence-electron chi connectivity index (χ3n) is 9.90. The molecule has 2 fully saturated rings. The SMILES string of the molecule is CCOc1ccc2c(c1)C1=C(SC(C(=O)OC)=C(C(=O)OC)C13SC(C(=O)OC)=C(C(=O)OC)S3)C(C)(C)N2C(=O)CN1C(=O)[C@H]2CCCC[C@H]2C1=O. The Labute approximate surface area is 318 Å². The number of nitrogens with zero attached hydrogens (tertiary/aromatic N) is 2. The normalized spacial score (nSPS) is 22.7. The van der Waals surface area contributed by atoms with E-state index >= 15 is 0 Å². The summed E-state index contributed by atoms with van der Waals surface area (Å²) in [4.78, 5) is 98.3. The first-order valence-corrected chi connectivity index (χ1v) is 19.3. The lowest BCUT2D eigenvalue weighted by Gasteiger charge is -2.51. The molecule has 5 aliphatic rings. The van der Waals surface area contributed by atoms with E-state index in [-0.39, 0.29) is 38.7 Å². The van der Waals surface area contributed by atoms with Crippen molar-refractivity contribution in [1.82, 2.24) is 4.90 Å². The van der Waals surface area contributed by atoms with E-state index in [0.29, 0.717) is 40.3 Å². The molecule has 1 spiro atoms. The summed E-state index contributed by atoms with van der Waals surface area (Å²) in [7, 11) is 4.55. The van der Waals surface area contributed by atoms with Gasteiger partial charge in [0, 0.05) is 16.0 Å². The molecule has 3 amide bonds. The maximum absolute atomic E-state index is 14.7. The number of rotatable bonds is 8. The predicted molar refractivity (Wildman–Crippen MR) is 196 cm³/mol. The Kier molecular flexibility index (Phi) is 10.6. The van der Waals surface area contributed by atoms with E-state index in [2.05, 4.69) is 0 Å². The quantitative estimate of drug-likeness (QED) is 0.209. The van der Waals surface area contributed by atoms with Gasteiger partial charge in [0.1, 0.15) is 31.1 Å². The molecule has 4 heterocycles. The van der Waals surface area contributed by atoms with E-state index in [1.54, 1.807) is 39.0 Å². The highest BCUT2D eigenvalue weighted by Crippen LogP contribution is 2.71. The molecular formula is C36H38N2O12S3. The topological polar surface area (TPSA) is 172 Å². The van der Waals surface area contributed by atoms with Gasteiger partial charge in [-0.3, -0.25) is 19.3 Å². The molecule has 0 radical (unpaired) electrons. The van der Waals surface area contributed by atoms with Crippen molar-refractivity contribution in [3.63, 3.8) is 0 Å². The molecule has 1 saturated carbocycles. The minimum absolute atomic E-state index is 0.180. The van der Waals surface area contributed by atoms with E-state index in [4.69, 9.17) is 23.7 Å². The van der Waals surface area contributed by atoms with Crippen LogP contribution < -0.4 is 9.64 Å². The average Bonchev–Trinajstić information content (AvgIpc) is 3.65. The number of esters is 4. The molecule has 1 saturated heterocycles. The summed E-state index contributed by atoms with van der Waals surface area (Å²) < 4.78 is 24.6. The standard InChI is InChI=1S/C36H38N2O12S3/c1-8-50-17-13-14-21-20(15-17)23-28(35(2,3)38(21)22(39)16-37-29(40)18-11-9-10-12-19(18)30(37)41)51-25(32(43)47-5)24(31(42)46-4)36(23)52-26(33(44)48-6)27(53-36)34(45)49-7/h13-15,18-19H,8-12,16H2,1-7H3/t18-,19+. The minimum Gasteiger partial charge on any atom is -0.494 e. The van der Waals surface area contributed by atoms with Gasteiger partial charge in [-0.05, 0) is 51.8 Å². The van der Waals surface area contributed by atoms with Gasteiger partial charge in [-0.2, -0.15) is 0 Å². The molecule has 1 aliphatic carbocycles. The highest BCUT2D eigenvalue weighted by atomic mass is 32.2. The lowest BCUT2D eigenvalue weighted by molar-refractivity contribution is -0.143. The number of anilines is 1. The molecule has 2 atom stereocenters. The summed E-state index contributed by atoms with van der Waals surface area (Å²) in [6, 6.07) is 4.99. The van der Waals surface area contributed by atoms with Crippen LogP contribution >= 0.6 is 35.3 Å². The van der Waals surface area contributed by atoms with Crippen molar-refractivity contribution in [3.8, 4) is 5.75 Å². The van der Waals surface area contributed by atoms with Crippen molar-refractivity contribution in [1.29, 1.82) is 0 Å². The fourth-order valence-corrected chi connectivity index (χ4v) is 12.6. The molecule has 1 aromatic carbocycles. The van der Waals surface area contributed by atoms with Crippen LogP contribution in [0.5, 0.6) is 5.75 Å². The van der Waals surface area contributed by atoms with Crippen molar-refractivity contribution in [3.05, 3.63) is 49.0 Å². The minimum atomic E-state index is -1.78. The van der Waals surface area contributed by atoms with E-state index in [9.17, 15) is 33.6 Å². The predicted octanol–water partition coefficient (Wildman–Crippen LogP) is 4.18. The molecule has 1 aromatic rings. The zero-order valence-electron chi connectivity index (χ0n) is 30.1. The van der Waals surface area contributed by atoms with Crippen LogP contribution in [0.2, 0.25) is 0 Å². The third-order valence-corrected chi connectivity index (χ3v) is 14.5. The molecular weight excluding hydrogens is 749 g/mol. The van der Waals surface area contributed by atoms with Gasteiger partial charge >= 0.3 is 23.9 Å². The number of carbonyl (C=O) groups excluding carboxylic acids is 7. The Morgan fingerprint density at radius 3 is 1.83 bits per heavy atom. The number of imide groups is 1. The van der Waals surface area contributed by atoms with Crippen molar-refractivity contribution in [2.24, 2.45) is 11.8 Å². The van der Waals surface area contributed by atoms with Gasteiger partial charge in [0.15, 0.2) is 0 Å². The first-order chi connectivity index (χ1) is 25.2. The number of thioether (sulfide) groups is 3. The second-order valence-electron chi connectivity index (χ2n) is 13.1. The Balaban J connectivity index is 1.60. The van der Waals surface area contributed by atoms with Crippen LogP contribution in [-0.2, 0) is 52.5 Å². The number of likely N-dealkylation sites (tertiary alicyclic amines) is 1. The first-order valence-electron chi connectivity index (χ1n) is 16.8. The van der Waals surface area contributed by atoms with Gasteiger partial charge in [-0.15, -0.1) is 0 Å². The Morgan fingerprint density at radius 2 is 1.32 bits per heavy atom. The summed E-state index contributed by atoms with van der Waals surface area (Å²) in [5.41, 5.74) is -0.498. The molecule has 4 aliphatic heterocycles. The molecule has 282 valence electrons. The summed E-state index contributed by atoms with van der Waals surface area (Å²) in [6.45, 7) is 5.01. The van der Waals surface area contributed by atoms with E-state index in [1.165, 1.54) is 4.90 Å². The molecule has 6 rings (SSSR count). The van der Waals surface area contributed by atoms with E-state index in [0.717, 1.165) is 81.5 Å². The maximum Gasteiger partial charge on any atom is 0.345 e. The van der Waals surface area contributed by atoms with Gasteiger partial charge in [0.05, 0.1) is 63.7 Å². The summed E-state index contributed by atoms with van der Waals surface area (Å²) in [5.74, 6) is -5.45. The molecule has 0 unspecified atom stereocenters. The number of methoxy groups -OCH3 is 4. The molecule has 17 heteroatoms. The van der Waals surface area contributed by atoms with Gasteiger partial charge in [-0.25, -0.2) is 19.2 Å². The summed E-state index contributed by atoms with van der Waals surface area (Å²) >= 11 is 2.50. The molecule has 0 aromatic heterocycles. The number of hydrogen-bond donors (Lipinski definition) is 0. The number of fused-ring (bicyclic) bond motifs is 4. The number of amides is 3. The Hall–Kier alpha value is -4.22. The second kappa shape index (κ2) is 14.5. The van der Waals surface area contributed by atoms with Crippen molar-refractivity contribution >= 4 is 88.1 Å². The molecule has 0 bridgehead atoms. The smallest absolute Gasteiger partial charge is 0.345 e. The summed E-state index contributed by atoms with van der Waals surface area (Å²) in [6.07, 6.45) is 2.83. The lowest BCUT2D eigenvalue weighted by Crippen LogP contribution is -2.56.